The van der Waals surface area contributed by atoms with Crippen LogP contribution in [0.3, 0.4) is 0 Å². The largest absolute Gasteiger partial charge is 0.0928 e. The van der Waals surface area contributed by atoms with E-state index in [-0.39, 0.29) is 0 Å². The van der Waals surface area contributed by atoms with Gasteiger partial charge in [0.2, 0.25) is 0 Å². The van der Waals surface area contributed by atoms with Crippen LogP contribution < -0.4 is 0 Å². The first kappa shape index (κ1) is 11.1. The summed E-state index contributed by atoms with van der Waals surface area (Å²) in [5.74, 6) is 0. The number of alkyl halides is 1. The molecule has 0 spiro atoms. The normalized spacial score (nSPS) is 10.4. The molecule has 0 saturated heterocycles. The average molecular weight is 262 g/mol. The molecule has 72 valence electrons. The molecule has 0 N–H and O–H groups in total. The fourth-order valence-corrected chi connectivity index (χ4v) is 1.90. The van der Waals surface area contributed by atoms with Gasteiger partial charge in [0, 0.05) is 10.4 Å². The Kier molecular flexibility index (Phi) is 4.82. The Balaban J connectivity index is 2.81. The molecule has 0 radical (unpaired) electrons. The molecule has 13 heavy (non-hydrogen) atoms. The molecule has 0 heterocycles. The zero-order chi connectivity index (χ0) is 9.68. The minimum Gasteiger partial charge on any atom is -0.0928 e. The van der Waals surface area contributed by atoms with Crippen LogP contribution in [0, 0.1) is 0 Å². The van der Waals surface area contributed by atoms with Crippen molar-refractivity contribution in [3.63, 3.8) is 0 Å². The van der Waals surface area contributed by atoms with Crippen LogP contribution in [-0.2, 0) is 12.8 Å². The van der Waals surface area contributed by atoms with Gasteiger partial charge in [-0.15, -0.1) is 0 Å². The Labute approximate surface area is 93.4 Å². The molecule has 1 aromatic rings. The Morgan fingerprint density at radius 2 is 2.08 bits per heavy atom. The van der Waals surface area contributed by atoms with Crippen molar-refractivity contribution in [1.82, 2.24) is 0 Å². The van der Waals surface area contributed by atoms with E-state index in [1.807, 2.05) is 6.07 Å². The van der Waals surface area contributed by atoms with Gasteiger partial charge in [0.25, 0.3) is 0 Å². The van der Waals surface area contributed by atoms with Crippen molar-refractivity contribution in [3.8, 4) is 0 Å². The number of halogens is 2. The van der Waals surface area contributed by atoms with Crippen molar-refractivity contribution in [3.05, 3.63) is 34.3 Å². The summed E-state index contributed by atoms with van der Waals surface area (Å²) >= 11 is 9.38. The smallest absolute Gasteiger partial charge is 0.0408 e. The molecule has 0 amide bonds. The SMILES string of the molecule is CCc1ccc(Cl)cc1CCCBr. The van der Waals surface area contributed by atoms with E-state index in [9.17, 15) is 0 Å². The fraction of sp³-hybridized carbons (Fsp3) is 0.455. The molecule has 2 heteroatoms. The van der Waals surface area contributed by atoms with E-state index >= 15 is 0 Å². The number of hydrogen-bond donors (Lipinski definition) is 0. The quantitative estimate of drug-likeness (QED) is 0.712. The second kappa shape index (κ2) is 5.66. The summed E-state index contributed by atoms with van der Waals surface area (Å²) in [6, 6.07) is 6.19. The summed E-state index contributed by atoms with van der Waals surface area (Å²) in [5.41, 5.74) is 2.82. The lowest BCUT2D eigenvalue weighted by molar-refractivity contribution is 0.914. The van der Waals surface area contributed by atoms with Gasteiger partial charge in [-0.1, -0.05) is 40.5 Å². The van der Waals surface area contributed by atoms with Crippen LogP contribution in [0.15, 0.2) is 18.2 Å². The topological polar surface area (TPSA) is 0 Å². The lowest BCUT2D eigenvalue weighted by Gasteiger charge is -2.07. The molecule has 0 saturated carbocycles. The minimum atomic E-state index is 0.849. The van der Waals surface area contributed by atoms with Crippen molar-refractivity contribution in [1.29, 1.82) is 0 Å². The van der Waals surface area contributed by atoms with Gasteiger partial charge in [0.05, 0.1) is 0 Å². The lowest BCUT2D eigenvalue weighted by atomic mass is 10.0. The van der Waals surface area contributed by atoms with Crippen LogP contribution in [0.1, 0.15) is 24.5 Å². The Morgan fingerprint density at radius 1 is 1.31 bits per heavy atom. The Bertz CT molecular complexity index is 271. The standard InChI is InChI=1S/C11H14BrCl/c1-2-9-5-6-11(13)8-10(9)4-3-7-12/h5-6,8H,2-4,7H2,1H3. The second-order valence-corrected chi connectivity index (χ2v) is 4.29. The van der Waals surface area contributed by atoms with Crippen molar-refractivity contribution < 1.29 is 0 Å². The third kappa shape index (κ3) is 3.32. The molecule has 0 unspecified atom stereocenters. The third-order valence-electron chi connectivity index (χ3n) is 2.13. The summed E-state index contributed by atoms with van der Waals surface area (Å²) in [4.78, 5) is 0. The average Bonchev–Trinajstić information content (AvgIpc) is 2.15. The maximum absolute atomic E-state index is 5.94. The Hall–Kier alpha value is -0.0100. The number of aryl methyl sites for hydroxylation is 2. The van der Waals surface area contributed by atoms with Gasteiger partial charge in [-0.2, -0.15) is 0 Å². The van der Waals surface area contributed by atoms with Crippen LogP contribution in [0.4, 0.5) is 0 Å². The fourth-order valence-electron chi connectivity index (χ4n) is 1.43. The Morgan fingerprint density at radius 3 is 2.69 bits per heavy atom. The molecular weight excluding hydrogens is 247 g/mol. The molecule has 0 aromatic heterocycles. The van der Waals surface area contributed by atoms with Crippen molar-refractivity contribution >= 4 is 27.5 Å². The second-order valence-electron chi connectivity index (χ2n) is 3.06. The van der Waals surface area contributed by atoms with Crippen LogP contribution in [-0.4, -0.2) is 5.33 Å². The molecule has 0 aliphatic heterocycles. The highest BCUT2D eigenvalue weighted by molar-refractivity contribution is 9.09. The summed E-state index contributed by atoms with van der Waals surface area (Å²) < 4.78 is 0. The number of rotatable bonds is 4. The van der Waals surface area contributed by atoms with Crippen LogP contribution in [0.25, 0.3) is 0 Å². The van der Waals surface area contributed by atoms with Gasteiger partial charge in [0.1, 0.15) is 0 Å². The first-order valence-corrected chi connectivity index (χ1v) is 6.11. The van der Waals surface area contributed by atoms with Crippen LogP contribution in [0.5, 0.6) is 0 Å². The van der Waals surface area contributed by atoms with E-state index < -0.39 is 0 Å². The summed E-state index contributed by atoms with van der Waals surface area (Å²) in [5, 5.41) is 1.91. The van der Waals surface area contributed by atoms with Crippen molar-refractivity contribution in [2.45, 2.75) is 26.2 Å². The minimum absolute atomic E-state index is 0.849. The highest BCUT2D eigenvalue weighted by atomic mass is 79.9. The van der Waals surface area contributed by atoms with E-state index in [1.54, 1.807) is 0 Å². The van der Waals surface area contributed by atoms with Gasteiger partial charge in [-0.3, -0.25) is 0 Å². The predicted molar refractivity (Wildman–Crippen MR) is 62.9 cm³/mol. The molecule has 0 aliphatic carbocycles. The molecule has 0 fully saturated rings. The first-order valence-electron chi connectivity index (χ1n) is 4.61. The first-order chi connectivity index (χ1) is 6.27. The molecule has 0 bridgehead atoms. The van der Waals surface area contributed by atoms with E-state index in [1.165, 1.54) is 17.5 Å². The molecule has 0 nitrogen and oxygen atoms in total. The van der Waals surface area contributed by atoms with Crippen LogP contribution in [0.2, 0.25) is 5.02 Å². The lowest BCUT2D eigenvalue weighted by Crippen LogP contribution is -1.93. The summed E-state index contributed by atoms with van der Waals surface area (Å²) in [6.45, 7) is 2.18. The maximum Gasteiger partial charge on any atom is 0.0408 e. The van der Waals surface area contributed by atoms with E-state index in [0.29, 0.717) is 0 Å². The van der Waals surface area contributed by atoms with E-state index in [4.69, 9.17) is 11.6 Å². The zero-order valence-corrected chi connectivity index (χ0v) is 10.2. The zero-order valence-electron chi connectivity index (χ0n) is 7.82. The monoisotopic (exact) mass is 260 g/mol. The molecule has 1 aromatic carbocycles. The molecule has 0 atom stereocenters. The van der Waals surface area contributed by atoms with Gasteiger partial charge < -0.3 is 0 Å². The van der Waals surface area contributed by atoms with E-state index in [2.05, 4.69) is 35.0 Å². The van der Waals surface area contributed by atoms with Crippen LogP contribution >= 0.6 is 27.5 Å². The van der Waals surface area contributed by atoms with E-state index in [0.717, 1.165) is 23.2 Å². The van der Waals surface area contributed by atoms with Crippen molar-refractivity contribution in [2.24, 2.45) is 0 Å². The summed E-state index contributed by atoms with van der Waals surface area (Å²) in [7, 11) is 0. The molecular formula is C11H14BrCl. The van der Waals surface area contributed by atoms with Gasteiger partial charge in [0.15, 0.2) is 0 Å². The van der Waals surface area contributed by atoms with Gasteiger partial charge in [-0.05, 0) is 42.5 Å². The highest BCUT2D eigenvalue weighted by Gasteiger charge is 2.00. The highest BCUT2D eigenvalue weighted by Crippen LogP contribution is 2.18. The number of benzene rings is 1. The predicted octanol–water partition coefficient (Wildman–Crippen LogP) is 4.23. The summed E-state index contributed by atoms with van der Waals surface area (Å²) in [6.07, 6.45) is 3.39. The maximum atomic E-state index is 5.94. The number of hydrogen-bond acceptors (Lipinski definition) is 0. The third-order valence-corrected chi connectivity index (χ3v) is 2.92. The molecule has 0 aliphatic rings. The van der Waals surface area contributed by atoms with Gasteiger partial charge >= 0.3 is 0 Å². The van der Waals surface area contributed by atoms with Gasteiger partial charge in [-0.25, -0.2) is 0 Å². The molecule has 1 rings (SSSR count). The van der Waals surface area contributed by atoms with Crippen molar-refractivity contribution in [2.75, 3.05) is 5.33 Å².